The van der Waals surface area contributed by atoms with Gasteiger partial charge in [-0.3, -0.25) is 9.97 Å². The van der Waals surface area contributed by atoms with Crippen molar-refractivity contribution in [2.45, 2.75) is 19.9 Å². The normalized spacial score (nSPS) is 12.2. The maximum atomic E-state index is 12.9. The minimum Gasteiger partial charge on any atom is -0.362 e. The molecule has 88 valence electrons. The fourth-order valence-corrected chi connectivity index (χ4v) is 1.62. The second kappa shape index (κ2) is 4.86. The molecular weight excluding hydrogens is 219 g/mol. The second-order valence-electron chi connectivity index (χ2n) is 3.74. The first-order valence-electron chi connectivity index (χ1n) is 5.33. The van der Waals surface area contributed by atoms with E-state index in [4.69, 9.17) is 0 Å². The topological polar surface area (TPSA) is 50.7 Å². The van der Waals surface area contributed by atoms with E-state index in [-0.39, 0.29) is 6.04 Å². The first-order valence-corrected chi connectivity index (χ1v) is 5.33. The highest BCUT2D eigenvalue weighted by Gasteiger charge is 2.10. The average molecular weight is 232 g/mol. The molecule has 2 aromatic rings. The van der Waals surface area contributed by atoms with Gasteiger partial charge in [-0.25, -0.2) is 4.98 Å². The smallest absolute Gasteiger partial charge is 0.214 e. The molecule has 0 spiro atoms. The molecule has 0 bridgehead atoms. The molecule has 0 saturated carbocycles. The van der Waals surface area contributed by atoms with Crippen LogP contribution in [0.3, 0.4) is 0 Å². The molecule has 17 heavy (non-hydrogen) atoms. The molecule has 0 aliphatic carbocycles. The predicted molar refractivity (Wildman–Crippen MR) is 63.0 cm³/mol. The van der Waals surface area contributed by atoms with Gasteiger partial charge >= 0.3 is 0 Å². The highest BCUT2D eigenvalue weighted by Crippen LogP contribution is 2.17. The highest BCUT2D eigenvalue weighted by atomic mass is 19.1. The molecular formula is C12H13FN4. The van der Waals surface area contributed by atoms with E-state index in [1.54, 1.807) is 24.5 Å². The summed E-state index contributed by atoms with van der Waals surface area (Å²) in [5.41, 5.74) is 1.68. The Balaban J connectivity index is 2.17. The zero-order chi connectivity index (χ0) is 12.3. The molecule has 0 radical (unpaired) electrons. The number of rotatable bonds is 3. The summed E-state index contributed by atoms with van der Waals surface area (Å²) in [4.78, 5) is 12.2. The lowest BCUT2D eigenvalue weighted by molar-refractivity contribution is 0.584. The van der Waals surface area contributed by atoms with Crippen molar-refractivity contribution in [2.75, 3.05) is 5.32 Å². The van der Waals surface area contributed by atoms with E-state index < -0.39 is 5.95 Å². The number of pyridine rings is 1. The molecule has 0 saturated heterocycles. The molecule has 2 aromatic heterocycles. The van der Waals surface area contributed by atoms with Gasteiger partial charge in [-0.05, 0) is 26.0 Å². The van der Waals surface area contributed by atoms with E-state index in [9.17, 15) is 4.39 Å². The molecule has 1 unspecified atom stereocenters. The van der Waals surface area contributed by atoms with Crippen LogP contribution in [0, 0.1) is 12.9 Å². The van der Waals surface area contributed by atoms with Crippen LogP contribution in [0.4, 0.5) is 10.2 Å². The molecule has 2 rings (SSSR count). The number of nitrogens with one attached hydrogen (secondary N) is 1. The first kappa shape index (κ1) is 11.4. The molecule has 1 atom stereocenters. The largest absolute Gasteiger partial charge is 0.362 e. The van der Waals surface area contributed by atoms with Crippen molar-refractivity contribution in [1.29, 1.82) is 0 Å². The van der Waals surface area contributed by atoms with E-state index in [1.165, 1.54) is 6.07 Å². The SMILES string of the molecule is Cc1nccnc1C(C)Nc1cccc(F)n1. The van der Waals surface area contributed by atoms with Crippen molar-refractivity contribution in [3.05, 3.63) is 47.9 Å². The third kappa shape index (κ3) is 2.75. The van der Waals surface area contributed by atoms with Crippen LogP contribution in [0.2, 0.25) is 0 Å². The van der Waals surface area contributed by atoms with Crippen molar-refractivity contribution in [1.82, 2.24) is 15.0 Å². The van der Waals surface area contributed by atoms with Gasteiger partial charge < -0.3 is 5.32 Å². The van der Waals surface area contributed by atoms with E-state index >= 15 is 0 Å². The molecule has 0 aliphatic heterocycles. The minimum absolute atomic E-state index is 0.0713. The third-order valence-electron chi connectivity index (χ3n) is 2.41. The number of nitrogens with zero attached hydrogens (tertiary/aromatic N) is 3. The molecule has 4 nitrogen and oxygen atoms in total. The molecule has 0 aromatic carbocycles. The predicted octanol–water partition coefficient (Wildman–Crippen LogP) is 2.49. The van der Waals surface area contributed by atoms with Gasteiger partial charge in [0.2, 0.25) is 5.95 Å². The fraction of sp³-hybridized carbons (Fsp3) is 0.250. The molecule has 0 aliphatic rings. The molecule has 1 N–H and O–H groups in total. The van der Waals surface area contributed by atoms with Gasteiger partial charge in [0.1, 0.15) is 5.82 Å². The van der Waals surface area contributed by atoms with Crippen molar-refractivity contribution >= 4 is 5.82 Å². The van der Waals surface area contributed by atoms with Gasteiger partial charge in [0.15, 0.2) is 0 Å². The van der Waals surface area contributed by atoms with Crippen LogP contribution < -0.4 is 5.32 Å². The van der Waals surface area contributed by atoms with Crippen LogP contribution in [0.25, 0.3) is 0 Å². The molecule has 0 fully saturated rings. The van der Waals surface area contributed by atoms with E-state index in [1.807, 2.05) is 13.8 Å². The van der Waals surface area contributed by atoms with Crippen LogP contribution in [-0.4, -0.2) is 15.0 Å². The third-order valence-corrected chi connectivity index (χ3v) is 2.41. The lowest BCUT2D eigenvalue weighted by Crippen LogP contribution is -2.12. The average Bonchev–Trinajstić information content (AvgIpc) is 2.29. The standard InChI is InChI=1S/C12H13FN4/c1-8-12(15-7-6-14-8)9(2)16-11-5-3-4-10(13)17-11/h3-7,9H,1-2H3,(H,16,17). The minimum atomic E-state index is -0.502. The summed E-state index contributed by atoms with van der Waals surface area (Å²) in [5.74, 6) is -0.0133. The van der Waals surface area contributed by atoms with Gasteiger partial charge in [-0.2, -0.15) is 4.39 Å². The van der Waals surface area contributed by atoms with Crippen LogP contribution in [0.15, 0.2) is 30.6 Å². The Morgan fingerprint density at radius 2 is 2.00 bits per heavy atom. The molecule has 0 amide bonds. The monoisotopic (exact) mass is 232 g/mol. The summed E-state index contributed by atoms with van der Waals surface area (Å²) < 4.78 is 12.9. The van der Waals surface area contributed by atoms with Crippen LogP contribution >= 0.6 is 0 Å². The second-order valence-corrected chi connectivity index (χ2v) is 3.74. The Morgan fingerprint density at radius 3 is 2.71 bits per heavy atom. The number of hydrogen-bond donors (Lipinski definition) is 1. The van der Waals surface area contributed by atoms with Gasteiger partial charge in [0, 0.05) is 12.4 Å². The molecule has 2 heterocycles. The number of halogens is 1. The maximum Gasteiger partial charge on any atom is 0.214 e. The molecule has 5 heteroatoms. The summed E-state index contributed by atoms with van der Waals surface area (Å²) in [6, 6.07) is 4.56. The number of hydrogen-bond acceptors (Lipinski definition) is 4. The Kier molecular flexibility index (Phi) is 3.27. The lowest BCUT2D eigenvalue weighted by Gasteiger charge is -2.15. The van der Waals surface area contributed by atoms with Crippen LogP contribution in [0.1, 0.15) is 24.4 Å². The van der Waals surface area contributed by atoms with E-state index in [2.05, 4.69) is 20.3 Å². The Labute approximate surface area is 99.0 Å². The summed E-state index contributed by atoms with van der Waals surface area (Å²) in [6.07, 6.45) is 3.28. The van der Waals surface area contributed by atoms with Crippen molar-refractivity contribution < 1.29 is 4.39 Å². The summed E-state index contributed by atoms with van der Waals surface area (Å²) in [5, 5.41) is 3.09. The highest BCUT2D eigenvalue weighted by molar-refractivity contribution is 5.36. The van der Waals surface area contributed by atoms with Gasteiger partial charge in [0.05, 0.1) is 17.4 Å². The van der Waals surface area contributed by atoms with E-state index in [0.717, 1.165) is 11.4 Å². The zero-order valence-electron chi connectivity index (χ0n) is 9.68. The Hall–Kier alpha value is -2.04. The number of aromatic nitrogens is 3. The van der Waals surface area contributed by atoms with Gasteiger partial charge in [0.25, 0.3) is 0 Å². The number of anilines is 1. The fourth-order valence-electron chi connectivity index (χ4n) is 1.62. The van der Waals surface area contributed by atoms with Crippen LogP contribution in [0.5, 0.6) is 0 Å². The van der Waals surface area contributed by atoms with Gasteiger partial charge in [-0.1, -0.05) is 6.07 Å². The van der Waals surface area contributed by atoms with Crippen molar-refractivity contribution in [2.24, 2.45) is 0 Å². The van der Waals surface area contributed by atoms with Crippen LogP contribution in [-0.2, 0) is 0 Å². The quantitative estimate of drug-likeness (QED) is 0.826. The van der Waals surface area contributed by atoms with Crippen molar-refractivity contribution in [3.63, 3.8) is 0 Å². The van der Waals surface area contributed by atoms with E-state index in [0.29, 0.717) is 5.82 Å². The maximum absolute atomic E-state index is 12.9. The Morgan fingerprint density at radius 1 is 1.24 bits per heavy atom. The van der Waals surface area contributed by atoms with Gasteiger partial charge in [-0.15, -0.1) is 0 Å². The summed E-state index contributed by atoms with van der Waals surface area (Å²) >= 11 is 0. The number of aryl methyl sites for hydroxylation is 1. The Bertz CT molecular complexity index is 515. The summed E-state index contributed by atoms with van der Waals surface area (Å²) in [7, 11) is 0. The zero-order valence-corrected chi connectivity index (χ0v) is 9.68. The summed E-state index contributed by atoms with van der Waals surface area (Å²) in [6.45, 7) is 3.82. The van der Waals surface area contributed by atoms with Crippen molar-refractivity contribution in [3.8, 4) is 0 Å². The first-order chi connectivity index (χ1) is 8.16. The lowest BCUT2D eigenvalue weighted by atomic mass is 10.2.